The number of ether oxygens (including phenoxy) is 13. The van der Waals surface area contributed by atoms with E-state index in [-0.39, 0.29) is 138 Å². The van der Waals surface area contributed by atoms with Gasteiger partial charge in [-0.25, -0.2) is 0 Å². The minimum Gasteiger partial charge on any atom is -0.394 e. The molecule has 8 amide bonds. The van der Waals surface area contributed by atoms with Crippen LogP contribution in [0, 0.1) is 5.92 Å². The summed E-state index contributed by atoms with van der Waals surface area (Å²) in [6.45, 7) is 0.712. The van der Waals surface area contributed by atoms with Gasteiger partial charge in [-0.2, -0.15) is 0 Å². The molecule has 4 aliphatic rings. The highest BCUT2D eigenvalue weighted by atomic mass is 16.7. The van der Waals surface area contributed by atoms with Crippen molar-refractivity contribution in [2.45, 2.75) is 163 Å². The molecule has 4 rings (SSSR count). The smallest absolute Gasteiger partial charge is 0.246 e. The van der Waals surface area contributed by atoms with Crippen LogP contribution in [0.2, 0.25) is 0 Å². The highest BCUT2D eigenvalue weighted by Crippen LogP contribution is 2.28. The van der Waals surface area contributed by atoms with Crippen LogP contribution < -0.4 is 37.2 Å². The maximum absolute atomic E-state index is 14.6. The summed E-state index contributed by atoms with van der Waals surface area (Å²) in [6.07, 6.45) is -14.5. The summed E-state index contributed by atoms with van der Waals surface area (Å²) in [7, 11) is 1.58. The summed E-state index contributed by atoms with van der Waals surface area (Å²) in [5.41, 5.74) is 0. The molecule has 16 unspecified atom stereocenters. The average molecular weight is 1410 g/mol. The minimum absolute atomic E-state index is 0.0111. The van der Waals surface area contributed by atoms with Gasteiger partial charge in [-0.1, -0.05) is 0 Å². The molecule has 0 spiro atoms. The topological polar surface area (TPSA) is 526 Å². The van der Waals surface area contributed by atoms with Crippen molar-refractivity contribution in [3.8, 4) is 0 Å². The van der Waals surface area contributed by atoms with Gasteiger partial charge in [-0.15, -0.1) is 0 Å². The number of rotatable bonds is 47. The summed E-state index contributed by atoms with van der Waals surface area (Å²) in [5.74, 6) is -5.26. The third-order valence-electron chi connectivity index (χ3n) is 15.7. The first kappa shape index (κ1) is 84.3. The zero-order valence-corrected chi connectivity index (χ0v) is 55.4. The fourth-order valence-corrected chi connectivity index (χ4v) is 10.6. The Morgan fingerprint density at radius 1 is 0.443 bits per heavy atom. The number of hydrogen-bond acceptors (Lipinski definition) is 30. The van der Waals surface area contributed by atoms with Crippen molar-refractivity contribution < 1.29 is 146 Å². The summed E-state index contributed by atoms with van der Waals surface area (Å²) in [5, 5.41) is 109. The zero-order chi connectivity index (χ0) is 71.2. The lowest BCUT2D eigenvalue weighted by Crippen LogP contribution is -2.64. The molecule has 1 aliphatic carbocycles. The van der Waals surface area contributed by atoms with Crippen LogP contribution >= 0.6 is 0 Å². The highest BCUT2D eigenvalue weighted by Gasteiger charge is 2.48. The van der Waals surface area contributed by atoms with Crippen molar-refractivity contribution in [1.29, 1.82) is 0 Å². The van der Waals surface area contributed by atoms with Crippen LogP contribution in [-0.4, -0.2) is 361 Å². The Kier molecular flexibility index (Phi) is 40.9. The maximum Gasteiger partial charge on any atom is 0.246 e. The standard InChI is InChI=1S/C59H104N8O30/c1-34(71)63-46-52(80)49(77)40(31-68)95-57(46)92-26-23-89-20-17-86-14-11-60-43(74)10-9-39(66-55(83)37-5-7-38(85-4)8-6-37)56(84)67(29-44(75)61-12-15-87-18-21-90-24-27-93-58-47(64-35(2)72)53(81)50(78)41(32-69)96-58)30-45(76)62-13-16-88-19-22-91-25-28-94-59-48(65-36(3)73)54(82)51(79)42(33-70)97-59/h37-42,46-54,57-59,68-70,77-82H,5-33H2,1-4H3,(H,60,74)(H,61,75)(H,62,76)(H,63,71)(H,64,72)(H,65,73)(H,66,83). The van der Waals surface area contributed by atoms with Gasteiger partial charge < -0.3 is 150 Å². The molecule has 3 aliphatic heterocycles. The molecule has 38 heteroatoms. The Morgan fingerprint density at radius 3 is 1.08 bits per heavy atom. The van der Waals surface area contributed by atoms with Crippen molar-refractivity contribution in [3.05, 3.63) is 0 Å². The molecule has 0 aromatic heterocycles. The Morgan fingerprint density at radius 2 is 0.763 bits per heavy atom. The average Bonchev–Trinajstić information content (AvgIpc) is 0.829. The maximum atomic E-state index is 14.6. The molecule has 3 saturated heterocycles. The van der Waals surface area contributed by atoms with Crippen LogP contribution in [0.5, 0.6) is 0 Å². The van der Waals surface area contributed by atoms with Crippen LogP contribution in [0.1, 0.15) is 59.3 Å². The van der Waals surface area contributed by atoms with Crippen molar-refractivity contribution >= 4 is 47.3 Å². The molecule has 0 aromatic carbocycles. The van der Waals surface area contributed by atoms with E-state index in [9.17, 15) is 84.3 Å². The van der Waals surface area contributed by atoms with Gasteiger partial charge in [0.2, 0.25) is 47.3 Å². The lowest BCUT2D eigenvalue weighted by molar-refractivity contribution is -0.272. The van der Waals surface area contributed by atoms with Crippen LogP contribution in [-0.2, 0) is 99.9 Å². The monoisotopic (exact) mass is 1400 g/mol. The highest BCUT2D eigenvalue weighted by molar-refractivity contribution is 5.94. The van der Waals surface area contributed by atoms with Crippen LogP contribution in [0.25, 0.3) is 0 Å². The van der Waals surface area contributed by atoms with E-state index in [0.717, 1.165) is 4.90 Å². The Hall–Kier alpha value is -5.12. The summed E-state index contributed by atoms with van der Waals surface area (Å²) < 4.78 is 72.3. The van der Waals surface area contributed by atoms with E-state index in [1.54, 1.807) is 7.11 Å². The predicted molar refractivity (Wildman–Crippen MR) is 328 cm³/mol. The molecule has 97 heavy (non-hydrogen) atoms. The molecule has 4 fully saturated rings. The number of methoxy groups -OCH3 is 1. The lowest BCUT2D eigenvalue weighted by Gasteiger charge is -2.42. The SMILES string of the molecule is COC1CCC(C(=O)NC(CCC(=O)NCCOCCOCCOC2OC(CO)C(O)C(O)C2NC(C)=O)C(=O)N(CC(=O)NCCOCCOCCOC2OC(CO)C(O)C(O)C2NC(C)=O)CC(=O)NCCOCCOCCOC2OC(CO)C(O)C(O)C2NC(C)=O)CC1. The molecule has 0 aromatic rings. The van der Waals surface area contributed by atoms with Crippen molar-refractivity contribution in [3.63, 3.8) is 0 Å². The number of nitrogens with one attached hydrogen (secondary N) is 7. The quantitative estimate of drug-likeness (QED) is 0.0252. The Labute approximate surface area is 561 Å². The van der Waals surface area contributed by atoms with Crippen molar-refractivity contribution in [2.24, 2.45) is 5.92 Å². The molecule has 16 N–H and O–H groups in total. The number of carbonyl (C=O) groups excluding carboxylic acids is 8. The molecule has 16 atom stereocenters. The van der Waals surface area contributed by atoms with E-state index >= 15 is 0 Å². The summed E-state index contributed by atoms with van der Waals surface area (Å²) >= 11 is 0. The van der Waals surface area contributed by atoms with Gasteiger partial charge in [0.1, 0.15) is 92.2 Å². The third-order valence-corrected chi connectivity index (χ3v) is 15.7. The third kappa shape index (κ3) is 30.7. The second-order valence-corrected chi connectivity index (χ2v) is 23.1. The lowest BCUT2D eigenvalue weighted by atomic mass is 9.86. The van der Waals surface area contributed by atoms with E-state index in [0.29, 0.717) is 25.7 Å². The predicted octanol–water partition coefficient (Wildman–Crippen LogP) is -9.39. The first-order valence-electron chi connectivity index (χ1n) is 32.5. The number of hydrogen-bond donors (Lipinski definition) is 16. The van der Waals surface area contributed by atoms with E-state index in [2.05, 4.69) is 37.2 Å². The second-order valence-electron chi connectivity index (χ2n) is 23.1. The van der Waals surface area contributed by atoms with Crippen LogP contribution in [0.3, 0.4) is 0 Å². The second kappa shape index (κ2) is 47.1. The van der Waals surface area contributed by atoms with Gasteiger partial charge in [0.15, 0.2) is 18.9 Å². The normalized spacial score (nSPS) is 28.4. The first-order valence-corrected chi connectivity index (χ1v) is 32.5. The minimum atomic E-state index is -1.49. The molecule has 3 heterocycles. The number of carbonyl (C=O) groups is 8. The molecule has 0 radical (unpaired) electrons. The van der Waals surface area contributed by atoms with Gasteiger partial charge in [0.05, 0.1) is 125 Å². The summed E-state index contributed by atoms with van der Waals surface area (Å²) in [4.78, 5) is 105. The molecule has 38 nitrogen and oxygen atoms in total. The van der Waals surface area contributed by atoms with Crippen LogP contribution in [0.4, 0.5) is 0 Å². The molecular weight excluding hydrogens is 1300 g/mol. The fraction of sp³-hybridized carbons (Fsp3) is 0.864. The zero-order valence-electron chi connectivity index (χ0n) is 55.4. The molecular formula is C59H104N8O30. The number of aliphatic hydroxyl groups is 9. The number of nitrogens with zero attached hydrogens (tertiary/aromatic N) is 1. The summed E-state index contributed by atoms with van der Waals surface area (Å²) in [6, 6.07) is -4.76. The largest absolute Gasteiger partial charge is 0.394 e. The number of amides is 8. The Balaban J connectivity index is 1.28. The van der Waals surface area contributed by atoms with Gasteiger partial charge >= 0.3 is 0 Å². The molecule has 560 valence electrons. The van der Waals surface area contributed by atoms with Gasteiger partial charge in [-0.05, 0) is 32.1 Å². The van der Waals surface area contributed by atoms with Crippen molar-refractivity contribution in [2.75, 3.05) is 159 Å². The fourth-order valence-electron chi connectivity index (χ4n) is 10.6. The van der Waals surface area contributed by atoms with Gasteiger partial charge in [0, 0.05) is 59.9 Å². The number of aliphatic hydroxyl groups excluding tert-OH is 9. The van der Waals surface area contributed by atoms with E-state index in [1.807, 2.05) is 0 Å². The van der Waals surface area contributed by atoms with Crippen LogP contribution in [0.15, 0.2) is 0 Å². The van der Waals surface area contributed by atoms with E-state index < -0.39 is 184 Å². The first-order chi connectivity index (χ1) is 46.5. The van der Waals surface area contributed by atoms with E-state index in [4.69, 9.17) is 61.6 Å². The molecule has 1 saturated carbocycles. The molecule has 0 bridgehead atoms. The van der Waals surface area contributed by atoms with E-state index in [1.165, 1.54) is 20.8 Å². The van der Waals surface area contributed by atoms with Gasteiger partial charge in [-0.3, -0.25) is 38.4 Å². The van der Waals surface area contributed by atoms with Crippen molar-refractivity contribution in [1.82, 2.24) is 42.1 Å². The Bertz CT molecular complexity index is 2240. The van der Waals surface area contributed by atoms with Gasteiger partial charge in [0.25, 0.3) is 0 Å².